The summed E-state index contributed by atoms with van der Waals surface area (Å²) in [7, 11) is 0. The zero-order valence-electron chi connectivity index (χ0n) is 25.9. The van der Waals surface area contributed by atoms with Gasteiger partial charge in [-0.3, -0.25) is 4.79 Å². The molecule has 0 heterocycles. The van der Waals surface area contributed by atoms with Gasteiger partial charge in [0.1, 0.15) is 17.8 Å². The molecule has 0 unspecified atom stereocenters. The summed E-state index contributed by atoms with van der Waals surface area (Å²) in [6, 6.07) is 19.9. The van der Waals surface area contributed by atoms with Crippen molar-refractivity contribution >= 4 is 23.9 Å². The molecule has 0 N–H and O–H groups in total. The fraction of sp³-hybridized carbons (Fsp3) is 0.405. The van der Waals surface area contributed by atoms with E-state index in [-0.39, 0.29) is 5.97 Å². The SMILES string of the molecule is CC=O.[C-]#[N+]c1cc(C(=O)Oc2ccc(-c3ccc(OC(=O)CCCCCCCC)cc3)cc2)ccc1CCCCCC. The van der Waals surface area contributed by atoms with Crippen LogP contribution >= 0.6 is 0 Å². The van der Waals surface area contributed by atoms with Crippen molar-refractivity contribution in [1.29, 1.82) is 0 Å². The number of ether oxygens (including phenoxy) is 2. The zero-order chi connectivity index (χ0) is 31.3. The maximum atomic E-state index is 12.7. The number of aryl methyl sites for hydroxylation is 1. The maximum Gasteiger partial charge on any atom is 0.342 e. The van der Waals surface area contributed by atoms with E-state index in [9.17, 15) is 9.59 Å². The van der Waals surface area contributed by atoms with E-state index >= 15 is 0 Å². The molecule has 3 rings (SSSR count). The second-order valence-corrected chi connectivity index (χ2v) is 10.4. The predicted molar refractivity (Wildman–Crippen MR) is 173 cm³/mol. The molecule has 0 amide bonds. The summed E-state index contributed by atoms with van der Waals surface area (Å²) < 4.78 is 11.0. The summed E-state index contributed by atoms with van der Waals surface area (Å²) in [5.74, 6) is 0.292. The Bertz CT molecular complexity index is 1310. The van der Waals surface area contributed by atoms with Gasteiger partial charge in [0.25, 0.3) is 0 Å². The van der Waals surface area contributed by atoms with E-state index in [1.54, 1.807) is 36.4 Å². The van der Waals surface area contributed by atoms with Crippen molar-refractivity contribution in [3.63, 3.8) is 0 Å². The van der Waals surface area contributed by atoms with Crippen molar-refractivity contribution in [1.82, 2.24) is 0 Å². The molecule has 43 heavy (non-hydrogen) atoms. The van der Waals surface area contributed by atoms with Crippen LogP contribution in [0, 0.1) is 6.57 Å². The molecule has 0 spiro atoms. The Morgan fingerprint density at radius 2 is 1.23 bits per heavy atom. The first-order valence-electron chi connectivity index (χ1n) is 15.5. The molecule has 0 fully saturated rings. The minimum atomic E-state index is -0.484. The molecule has 0 aromatic heterocycles. The first-order valence-corrected chi connectivity index (χ1v) is 15.5. The number of hydrogen-bond donors (Lipinski definition) is 0. The van der Waals surface area contributed by atoms with Crippen LogP contribution in [0.15, 0.2) is 66.7 Å². The number of rotatable bonds is 16. The van der Waals surface area contributed by atoms with Gasteiger partial charge in [0.05, 0.1) is 6.57 Å². The molecule has 0 saturated carbocycles. The lowest BCUT2D eigenvalue weighted by Crippen LogP contribution is -2.08. The van der Waals surface area contributed by atoms with Crippen LogP contribution in [0.2, 0.25) is 0 Å². The van der Waals surface area contributed by atoms with Crippen molar-refractivity contribution in [2.45, 2.75) is 97.8 Å². The molecule has 228 valence electrons. The van der Waals surface area contributed by atoms with E-state index in [0.29, 0.717) is 29.2 Å². The number of aldehydes is 1. The van der Waals surface area contributed by atoms with Crippen molar-refractivity contribution < 1.29 is 23.9 Å². The average Bonchev–Trinajstić information content (AvgIpc) is 3.02. The fourth-order valence-corrected chi connectivity index (χ4v) is 4.58. The number of benzene rings is 3. The normalized spacial score (nSPS) is 10.2. The first-order chi connectivity index (χ1) is 20.9. The molecule has 0 aliphatic rings. The number of nitrogens with zero attached hydrogens (tertiary/aromatic N) is 1. The van der Waals surface area contributed by atoms with Crippen LogP contribution in [0.3, 0.4) is 0 Å². The average molecular weight is 584 g/mol. The van der Waals surface area contributed by atoms with Gasteiger partial charge in [0.2, 0.25) is 0 Å². The third kappa shape index (κ3) is 13.1. The molecule has 3 aromatic carbocycles. The topological polar surface area (TPSA) is 74.0 Å². The monoisotopic (exact) mass is 583 g/mol. The lowest BCUT2D eigenvalue weighted by Gasteiger charge is -2.09. The van der Waals surface area contributed by atoms with Crippen LogP contribution in [0.4, 0.5) is 5.69 Å². The maximum absolute atomic E-state index is 12.7. The summed E-state index contributed by atoms with van der Waals surface area (Å²) in [6.45, 7) is 13.3. The summed E-state index contributed by atoms with van der Waals surface area (Å²) in [5, 5.41) is 0. The Hall–Kier alpha value is -4.24. The lowest BCUT2D eigenvalue weighted by atomic mass is 10.0. The van der Waals surface area contributed by atoms with Gasteiger partial charge in [-0.15, -0.1) is 0 Å². The van der Waals surface area contributed by atoms with E-state index in [2.05, 4.69) is 18.7 Å². The molecule has 6 heteroatoms. The summed E-state index contributed by atoms with van der Waals surface area (Å²) >= 11 is 0. The third-order valence-electron chi connectivity index (χ3n) is 6.96. The van der Waals surface area contributed by atoms with Crippen LogP contribution in [-0.2, 0) is 16.0 Å². The Labute approximate surface area is 257 Å². The molecule has 0 bridgehead atoms. The number of esters is 2. The second kappa shape index (κ2) is 20.6. The van der Waals surface area contributed by atoms with Crippen LogP contribution < -0.4 is 9.47 Å². The van der Waals surface area contributed by atoms with Crippen LogP contribution in [0.5, 0.6) is 11.5 Å². The van der Waals surface area contributed by atoms with Gasteiger partial charge in [-0.25, -0.2) is 9.64 Å². The highest BCUT2D eigenvalue weighted by Crippen LogP contribution is 2.27. The van der Waals surface area contributed by atoms with E-state index in [4.69, 9.17) is 20.8 Å². The van der Waals surface area contributed by atoms with Crippen LogP contribution in [0.1, 0.15) is 107 Å². The van der Waals surface area contributed by atoms with Crippen molar-refractivity contribution in [2.75, 3.05) is 0 Å². The van der Waals surface area contributed by atoms with Crippen molar-refractivity contribution in [2.24, 2.45) is 0 Å². The summed E-state index contributed by atoms with van der Waals surface area (Å²) in [4.78, 5) is 37.3. The van der Waals surface area contributed by atoms with Gasteiger partial charge < -0.3 is 14.3 Å². The second-order valence-electron chi connectivity index (χ2n) is 10.4. The Kier molecular flexibility index (Phi) is 16.8. The first kappa shape index (κ1) is 35.0. The predicted octanol–water partition coefficient (Wildman–Crippen LogP) is 10.1. The van der Waals surface area contributed by atoms with Gasteiger partial charge in [-0.1, -0.05) is 102 Å². The standard InChI is InChI=1S/C35H41NO4.C2H4O/c1-4-6-8-10-11-13-15-34(37)39-31-22-18-27(19-23-31)28-20-24-32(25-21-28)40-35(38)30-17-16-29(33(26-30)36-3)14-12-9-7-5-2;1-2-3/h16-26H,4-15H2,1-2H3;2H,1H3. The molecular weight excluding hydrogens is 538 g/mol. The third-order valence-corrected chi connectivity index (χ3v) is 6.96. The van der Waals surface area contributed by atoms with Gasteiger partial charge in [0.15, 0.2) is 5.69 Å². The number of carbonyl (C=O) groups is 3. The zero-order valence-corrected chi connectivity index (χ0v) is 25.9. The number of unbranched alkanes of at least 4 members (excludes halogenated alkanes) is 8. The van der Waals surface area contributed by atoms with Crippen LogP contribution in [-0.4, -0.2) is 18.2 Å². The smallest absolute Gasteiger partial charge is 0.342 e. The van der Waals surface area contributed by atoms with E-state index in [0.717, 1.165) is 55.1 Å². The Morgan fingerprint density at radius 3 is 1.79 bits per heavy atom. The highest BCUT2D eigenvalue weighted by atomic mass is 16.5. The van der Waals surface area contributed by atoms with E-state index in [1.807, 2.05) is 30.3 Å². The van der Waals surface area contributed by atoms with Gasteiger partial charge in [-0.05, 0) is 72.9 Å². The molecule has 3 aromatic rings. The summed E-state index contributed by atoms with van der Waals surface area (Å²) in [6.07, 6.45) is 13.4. The molecular formula is C37H45NO5. The Morgan fingerprint density at radius 1 is 0.721 bits per heavy atom. The molecule has 0 saturated heterocycles. The van der Waals surface area contributed by atoms with Crippen molar-refractivity contribution in [3.8, 4) is 22.6 Å². The molecule has 0 aliphatic carbocycles. The number of carbonyl (C=O) groups excluding carboxylic acids is 3. The lowest BCUT2D eigenvalue weighted by molar-refractivity contribution is -0.134. The highest BCUT2D eigenvalue weighted by molar-refractivity contribution is 5.92. The molecule has 0 aliphatic heterocycles. The molecule has 0 radical (unpaired) electrons. The number of hydrogen-bond acceptors (Lipinski definition) is 5. The van der Waals surface area contributed by atoms with Gasteiger partial charge in [0, 0.05) is 12.0 Å². The van der Waals surface area contributed by atoms with Gasteiger partial charge >= 0.3 is 11.9 Å². The largest absolute Gasteiger partial charge is 0.427 e. The minimum Gasteiger partial charge on any atom is -0.427 e. The van der Waals surface area contributed by atoms with Gasteiger partial charge in [-0.2, -0.15) is 0 Å². The summed E-state index contributed by atoms with van der Waals surface area (Å²) in [5.41, 5.74) is 3.77. The fourth-order valence-electron chi connectivity index (χ4n) is 4.58. The van der Waals surface area contributed by atoms with E-state index < -0.39 is 5.97 Å². The quantitative estimate of drug-likeness (QED) is 0.0551. The Balaban J connectivity index is 0.00000206. The van der Waals surface area contributed by atoms with E-state index in [1.165, 1.54) is 45.4 Å². The molecule has 6 nitrogen and oxygen atoms in total. The highest BCUT2D eigenvalue weighted by Gasteiger charge is 2.13. The van der Waals surface area contributed by atoms with Crippen LogP contribution in [0.25, 0.3) is 16.0 Å². The molecule has 0 atom stereocenters. The minimum absolute atomic E-state index is 0.195. The van der Waals surface area contributed by atoms with Crippen molar-refractivity contribution in [3.05, 3.63) is 89.3 Å².